The Hall–Kier alpha value is -1.96. The van der Waals surface area contributed by atoms with Gasteiger partial charge in [0.05, 0.1) is 12.6 Å². The molecule has 0 aromatic carbocycles. The van der Waals surface area contributed by atoms with Crippen molar-refractivity contribution in [1.82, 2.24) is 14.9 Å². The maximum atomic E-state index is 12.0. The van der Waals surface area contributed by atoms with Crippen molar-refractivity contribution in [2.75, 3.05) is 6.61 Å². The molecule has 8 heteroatoms. The van der Waals surface area contributed by atoms with Gasteiger partial charge in [-0.2, -0.15) is 0 Å². The SMILES string of the molecule is Cc1nc([N+](=O)[O-])cn1CC(=O)NC(CO)CC(C)(C)C. The Balaban J connectivity index is 2.66. The van der Waals surface area contributed by atoms with Crippen LogP contribution in [0.5, 0.6) is 0 Å². The van der Waals surface area contributed by atoms with E-state index in [0.29, 0.717) is 12.2 Å². The summed E-state index contributed by atoms with van der Waals surface area (Å²) in [5.41, 5.74) is -0.0234. The fraction of sp³-hybridized carbons (Fsp3) is 0.692. The first-order valence-corrected chi connectivity index (χ1v) is 6.71. The first-order valence-electron chi connectivity index (χ1n) is 6.71. The van der Waals surface area contributed by atoms with E-state index in [-0.39, 0.29) is 36.3 Å². The molecule has 1 unspecified atom stereocenters. The van der Waals surface area contributed by atoms with Crippen molar-refractivity contribution < 1.29 is 14.8 Å². The summed E-state index contributed by atoms with van der Waals surface area (Å²) in [6, 6.07) is -0.337. The van der Waals surface area contributed by atoms with Crippen molar-refractivity contribution in [2.24, 2.45) is 5.41 Å². The monoisotopic (exact) mass is 298 g/mol. The number of aryl methyl sites for hydroxylation is 1. The Labute approximate surface area is 123 Å². The van der Waals surface area contributed by atoms with Crippen LogP contribution in [0.25, 0.3) is 0 Å². The smallest absolute Gasteiger partial charge is 0.381 e. The summed E-state index contributed by atoms with van der Waals surface area (Å²) in [5.74, 6) is -0.199. The number of rotatable bonds is 6. The van der Waals surface area contributed by atoms with E-state index >= 15 is 0 Å². The first-order chi connectivity index (χ1) is 9.62. The number of imidazole rings is 1. The molecule has 0 bridgehead atoms. The van der Waals surface area contributed by atoms with Gasteiger partial charge in [0, 0.05) is 6.92 Å². The number of nitrogens with zero attached hydrogens (tertiary/aromatic N) is 3. The molecule has 0 aliphatic carbocycles. The van der Waals surface area contributed by atoms with E-state index in [1.807, 2.05) is 20.8 Å². The number of nitro groups is 1. The molecule has 1 atom stereocenters. The molecule has 1 amide bonds. The number of amides is 1. The predicted octanol–water partition coefficient (Wildman–Crippen LogP) is 1.01. The number of carbonyl (C=O) groups is 1. The van der Waals surface area contributed by atoms with Crippen molar-refractivity contribution >= 4 is 11.7 Å². The summed E-state index contributed by atoms with van der Waals surface area (Å²) < 4.78 is 1.42. The quantitative estimate of drug-likeness (QED) is 0.601. The van der Waals surface area contributed by atoms with Gasteiger partial charge in [-0.05, 0) is 21.7 Å². The minimum Gasteiger partial charge on any atom is -0.394 e. The van der Waals surface area contributed by atoms with Crippen LogP contribution >= 0.6 is 0 Å². The molecule has 0 radical (unpaired) electrons. The molecule has 21 heavy (non-hydrogen) atoms. The molecule has 0 spiro atoms. The van der Waals surface area contributed by atoms with Crippen LogP contribution in [0.15, 0.2) is 6.20 Å². The van der Waals surface area contributed by atoms with Gasteiger partial charge in [-0.1, -0.05) is 20.8 Å². The van der Waals surface area contributed by atoms with Gasteiger partial charge in [-0.3, -0.25) is 9.36 Å². The van der Waals surface area contributed by atoms with Crippen LogP contribution in [0, 0.1) is 22.5 Å². The third kappa shape index (κ3) is 5.50. The normalized spacial score (nSPS) is 13.0. The lowest BCUT2D eigenvalue weighted by Gasteiger charge is -2.25. The summed E-state index contributed by atoms with van der Waals surface area (Å²) in [5, 5.41) is 22.7. The Morgan fingerprint density at radius 3 is 2.62 bits per heavy atom. The van der Waals surface area contributed by atoms with E-state index in [2.05, 4.69) is 10.3 Å². The van der Waals surface area contributed by atoms with Gasteiger partial charge < -0.3 is 20.5 Å². The van der Waals surface area contributed by atoms with Crippen LogP contribution in [0.4, 0.5) is 5.82 Å². The molecule has 1 heterocycles. The predicted molar refractivity (Wildman–Crippen MR) is 76.7 cm³/mol. The minimum atomic E-state index is -0.600. The first kappa shape index (κ1) is 17.1. The number of nitrogens with one attached hydrogen (secondary N) is 1. The van der Waals surface area contributed by atoms with Gasteiger partial charge >= 0.3 is 5.82 Å². The zero-order chi connectivity index (χ0) is 16.2. The van der Waals surface area contributed by atoms with Crippen LogP contribution in [-0.4, -0.2) is 38.1 Å². The second-order valence-corrected chi connectivity index (χ2v) is 6.24. The molecular weight excluding hydrogens is 276 g/mol. The summed E-state index contributed by atoms with van der Waals surface area (Å²) in [6.45, 7) is 7.44. The molecule has 118 valence electrons. The number of aromatic nitrogens is 2. The van der Waals surface area contributed by atoms with Crippen LogP contribution in [0.2, 0.25) is 0 Å². The average Bonchev–Trinajstić information content (AvgIpc) is 2.68. The van der Waals surface area contributed by atoms with E-state index in [1.54, 1.807) is 6.92 Å². The number of aliphatic hydroxyl groups is 1. The molecule has 0 fully saturated rings. The van der Waals surface area contributed by atoms with Gasteiger partial charge in [-0.25, -0.2) is 0 Å². The third-order valence-corrected chi connectivity index (χ3v) is 2.91. The van der Waals surface area contributed by atoms with E-state index in [4.69, 9.17) is 0 Å². The van der Waals surface area contributed by atoms with Crippen molar-refractivity contribution in [1.29, 1.82) is 0 Å². The summed E-state index contributed by atoms with van der Waals surface area (Å²) in [6.07, 6.45) is 1.87. The van der Waals surface area contributed by atoms with Crippen molar-refractivity contribution in [3.63, 3.8) is 0 Å². The molecule has 0 saturated carbocycles. The maximum absolute atomic E-state index is 12.0. The lowest BCUT2D eigenvalue weighted by atomic mass is 9.88. The van der Waals surface area contributed by atoms with Crippen LogP contribution in [-0.2, 0) is 11.3 Å². The molecule has 1 aromatic rings. The summed E-state index contributed by atoms with van der Waals surface area (Å²) >= 11 is 0. The molecule has 0 saturated heterocycles. The highest BCUT2D eigenvalue weighted by atomic mass is 16.6. The fourth-order valence-electron chi connectivity index (χ4n) is 2.07. The molecule has 2 N–H and O–H groups in total. The van der Waals surface area contributed by atoms with Gasteiger partial charge in [0.15, 0.2) is 0 Å². The maximum Gasteiger partial charge on any atom is 0.381 e. The lowest BCUT2D eigenvalue weighted by Crippen LogP contribution is -2.41. The van der Waals surface area contributed by atoms with E-state index in [1.165, 1.54) is 10.8 Å². The minimum absolute atomic E-state index is 0.0234. The molecule has 1 rings (SSSR count). The standard InChI is InChI=1S/C13H22N4O4/c1-9-14-11(17(20)21)6-16(9)7-12(19)15-10(8-18)5-13(2,3)4/h6,10,18H,5,7-8H2,1-4H3,(H,15,19). The highest BCUT2D eigenvalue weighted by Gasteiger charge is 2.21. The number of hydrogen-bond donors (Lipinski definition) is 2. The van der Waals surface area contributed by atoms with E-state index < -0.39 is 4.92 Å². The van der Waals surface area contributed by atoms with Gasteiger partial charge in [0.1, 0.15) is 12.7 Å². The largest absolute Gasteiger partial charge is 0.394 e. The molecule has 0 aliphatic rings. The van der Waals surface area contributed by atoms with Crippen molar-refractivity contribution in [3.8, 4) is 0 Å². The summed E-state index contributed by atoms with van der Waals surface area (Å²) in [4.78, 5) is 25.7. The van der Waals surface area contributed by atoms with Crippen molar-refractivity contribution in [2.45, 2.75) is 46.7 Å². The second-order valence-electron chi connectivity index (χ2n) is 6.24. The van der Waals surface area contributed by atoms with E-state index in [0.717, 1.165) is 0 Å². The Morgan fingerprint density at radius 1 is 1.57 bits per heavy atom. The van der Waals surface area contributed by atoms with Crippen molar-refractivity contribution in [3.05, 3.63) is 22.1 Å². The van der Waals surface area contributed by atoms with Gasteiger partial charge in [0.25, 0.3) is 0 Å². The number of carbonyl (C=O) groups excluding carboxylic acids is 1. The second kappa shape index (κ2) is 6.66. The Bertz CT molecular complexity index is 519. The Kier molecular flexibility index (Phi) is 5.42. The van der Waals surface area contributed by atoms with Crippen LogP contribution in [0.3, 0.4) is 0 Å². The van der Waals surface area contributed by atoms with Crippen LogP contribution in [0.1, 0.15) is 33.0 Å². The lowest BCUT2D eigenvalue weighted by molar-refractivity contribution is -0.389. The molecule has 0 aliphatic heterocycles. The van der Waals surface area contributed by atoms with Gasteiger partial charge in [0.2, 0.25) is 11.7 Å². The fourth-order valence-corrected chi connectivity index (χ4v) is 2.07. The third-order valence-electron chi connectivity index (χ3n) is 2.91. The average molecular weight is 298 g/mol. The van der Waals surface area contributed by atoms with Crippen LogP contribution < -0.4 is 5.32 Å². The summed E-state index contributed by atoms with van der Waals surface area (Å²) in [7, 11) is 0. The molecule has 8 nitrogen and oxygen atoms in total. The number of hydrogen-bond acceptors (Lipinski definition) is 5. The highest BCUT2D eigenvalue weighted by Crippen LogP contribution is 2.20. The molecule has 1 aromatic heterocycles. The van der Waals surface area contributed by atoms with E-state index in [9.17, 15) is 20.0 Å². The number of aliphatic hydroxyl groups excluding tert-OH is 1. The van der Waals surface area contributed by atoms with Gasteiger partial charge in [-0.15, -0.1) is 0 Å². The topological polar surface area (TPSA) is 110 Å². The highest BCUT2D eigenvalue weighted by molar-refractivity contribution is 5.76. The molecular formula is C13H22N4O4. The zero-order valence-corrected chi connectivity index (χ0v) is 12.8. The Morgan fingerprint density at radius 2 is 2.19 bits per heavy atom. The zero-order valence-electron chi connectivity index (χ0n) is 12.8.